The maximum absolute atomic E-state index is 13.0. The fraction of sp³-hybridized carbons (Fsp3) is 0.421. The van der Waals surface area contributed by atoms with Crippen molar-refractivity contribution < 1.29 is 9.53 Å². The van der Waals surface area contributed by atoms with Crippen LogP contribution in [0.4, 0.5) is 0 Å². The van der Waals surface area contributed by atoms with Gasteiger partial charge in [0.25, 0.3) is 5.91 Å². The molecule has 4 heterocycles. The second kappa shape index (κ2) is 6.92. The molecule has 1 fully saturated rings. The molecule has 2 atom stereocenters. The van der Waals surface area contributed by atoms with Crippen molar-refractivity contribution in [2.75, 3.05) is 26.3 Å². The second-order valence-electron chi connectivity index (χ2n) is 6.79. The average Bonchev–Trinajstić information content (AvgIpc) is 3.37. The van der Waals surface area contributed by atoms with E-state index in [2.05, 4.69) is 10.1 Å². The van der Waals surface area contributed by atoms with E-state index in [1.807, 2.05) is 64.9 Å². The predicted octanol–water partition coefficient (Wildman–Crippen LogP) is 1.96. The van der Waals surface area contributed by atoms with E-state index in [1.54, 1.807) is 6.20 Å². The van der Waals surface area contributed by atoms with E-state index in [1.165, 1.54) is 0 Å². The van der Waals surface area contributed by atoms with E-state index < -0.39 is 0 Å². The summed E-state index contributed by atoms with van der Waals surface area (Å²) < 4.78 is 9.36. The van der Waals surface area contributed by atoms with Gasteiger partial charge in [0.05, 0.1) is 18.4 Å². The highest BCUT2D eigenvalue weighted by atomic mass is 16.5. The zero-order valence-corrected chi connectivity index (χ0v) is 15.1. The summed E-state index contributed by atoms with van der Waals surface area (Å²) in [5, 5.41) is 4.29. The summed E-state index contributed by atoms with van der Waals surface area (Å²) in [6.45, 7) is 4.71. The van der Waals surface area contributed by atoms with E-state index in [9.17, 15) is 4.79 Å². The maximum Gasteiger partial charge on any atom is 0.255 e. The van der Waals surface area contributed by atoms with Crippen LogP contribution < -0.4 is 0 Å². The van der Waals surface area contributed by atoms with Crippen LogP contribution in [0.3, 0.4) is 0 Å². The number of nitrogens with zero attached hydrogens (tertiary/aromatic N) is 5. The number of rotatable bonds is 5. The lowest BCUT2D eigenvalue weighted by molar-refractivity contribution is 0.0762. The van der Waals surface area contributed by atoms with Crippen molar-refractivity contribution >= 4 is 11.6 Å². The van der Waals surface area contributed by atoms with Crippen molar-refractivity contribution in [2.24, 2.45) is 13.0 Å². The second-order valence-corrected chi connectivity index (χ2v) is 6.79. The van der Waals surface area contributed by atoms with Gasteiger partial charge in [0.15, 0.2) is 0 Å². The van der Waals surface area contributed by atoms with Gasteiger partial charge in [-0.15, -0.1) is 0 Å². The molecule has 7 heteroatoms. The normalized spacial score (nSPS) is 20.2. The summed E-state index contributed by atoms with van der Waals surface area (Å²) in [6.07, 6.45) is 9.37. The fourth-order valence-electron chi connectivity index (χ4n) is 3.71. The van der Waals surface area contributed by atoms with Gasteiger partial charge in [-0.05, 0) is 24.6 Å². The summed E-state index contributed by atoms with van der Waals surface area (Å²) in [4.78, 5) is 19.2. The molecule has 0 N–H and O–H groups in total. The first-order valence-electron chi connectivity index (χ1n) is 8.94. The summed E-state index contributed by atoms with van der Waals surface area (Å²) in [6, 6.07) is 3.72. The molecule has 136 valence electrons. The highest BCUT2D eigenvalue weighted by Crippen LogP contribution is 2.33. The van der Waals surface area contributed by atoms with Gasteiger partial charge in [-0.1, -0.05) is 0 Å². The number of pyridine rings is 1. The Labute approximate surface area is 152 Å². The molecule has 0 aliphatic carbocycles. The molecule has 4 rings (SSSR count). The molecule has 1 saturated heterocycles. The van der Waals surface area contributed by atoms with Crippen molar-refractivity contribution in [2.45, 2.75) is 12.8 Å². The molecular formula is C19H23N5O2. The first-order chi connectivity index (χ1) is 12.7. The number of fused-ring (bicyclic) bond motifs is 1. The Bertz CT molecular complexity index is 915. The highest BCUT2D eigenvalue weighted by Gasteiger charge is 2.37. The number of ether oxygens (including phenoxy) is 1. The lowest BCUT2D eigenvalue weighted by atomic mass is 9.92. The van der Waals surface area contributed by atoms with Gasteiger partial charge < -0.3 is 14.0 Å². The lowest BCUT2D eigenvalue weighted by Crippen LogP contribution is -2.29. The molecule has 1 amide bonds. The molecule has 0 bridgehead atoms. The SMILES string of the molecule is CCOC[C@@H]1CN(C(=O)c2ccc3nccn3c2)C[C@H]1c1cnn(C)c1. The molecule has 0 spiro atoms. The first-order valence-corrected chi connectivity index (χ1v) is 8.94. The van der Waals surface area contributed by atoms with Gasteiger partial charge in [-0.25, -0.2) is 4.98 Å². The molecule has 0 unspecified atom stereocenters. The Morgan fingerprint density at radius 1 is 1.31 bits per heavy atom. The number of hydrogen-bond acceptors (Lipinski definition) is 4. The third-order valence-electron chi connectivity index (χ3n) is 5.05. The lowest BCUT2D eigenvalue weighted by Gasteiger charge is -2.16. The van der Waals surface area contributed by atoms with Crippen LogP contribution in [0.1, 0.15) is 28.8 Å². The number of aryl methyl sites for hydroxylation is 1. The molecule has 26 heavy (non-hydrogen) atoms. The summed E-state index contributed by atoms with van der Waals surface area (Å²) in [5.74, 6) is 0.574. The van der Waals surface area contributed by atoms with E-state index in [0.29, 0.717) is 31.9 Å². The Morgan fingerprint density at radius 3 is 2.96 bits per heavy atom. The third kappa shape index (κ3) is 3.10. The van der Waals surface area contributed by atoms with Crippen molar-refractivity contribution in [3.63, 3.8) is 0 Å². The van der Waals surface area contributed by atoms with Crippen molar-refractivity contribution in [1.29, 1.82) is 0 Å². The van der Waals surface area contributed by atoms with Gasteiger partial charge in [-0.3, -0.25) is 9.48 Å². The first kappa shape index (κ1) is 16.8. The number of likely N-dealkylation sites (tertiary alicyclic amines) is 1. The standard InChI is InChI=1S/C19H23N5O2/c1-3-26-13-16-11-24(12-17(16)15-8-21-22(2)9-15)19(25)14-4-5-18-20-6-7-23(18)10-14/h4-10,16-17H,3,11-13H2,1-2H3/t16-,17-/m0/s1. The van der Waals surface area contributed by atoms with Gasteiger partial charge in [-0.2, -0.15) is 5.10 Å². The van der Waals surface area contributed by atoms with Crippen molar-refractivity contribution in [3.05, 3.63) is 54.2 Å². The Hall–Kier alpha value is -2.67. The van der Waals surface area contributed by atoms with E-state index in [0.717, 1.165) is 11.2 Å². The molecule has 0 radical (unpaired) electrons. The van der Waals surface area contributed by atoms with E-state index in [4.69, 9.17) is 4.74 Å². The quantitative estimate of drug-likeness (QED) is 0.703. The fourth-order valence-corrected chi connectivity index (χ4v) is 3.71. The number of aromatic nitrogens is 4. The number of carbonyl (C=O) groups is 1. The van der Waals surface area contributed by atoms with Crippen LogP contribution in [-0.2, 0) is 11.8 Å². The zero-order valence-electron chi connectivity index (χ0n) is 15.1. The largest absolute Gasteiger partial charge is 0.381 e. The summed E-state index contributed by atoms with van der Waals surface area (Å²) in [5.41, 5.74) is 2.68. The molecule has 0 aromatic carbocycles. The number of amides is 1. The van der Waals surface area contributed by atoms with Crippen LogP contribution in [0, 0.1) is 5.92 Å². The molecule has 3 aromatic rings. The van der Waals surface area contributed by atoms with Crippen LogP contribution in [-0.4, -0.2) is 56.3 Å². The highest BCUT2D eigenvalue weighted by molar-refractivity contribution is 5.94. The molecule has 1 aliphatic rings. The van der Waals surface area contributed by atoms with Gasteiger partial charge in [0, 0.05) is 63.4 Å². The van der Waals surface area contributed by atoms with Crippen molar-refractivity contribution in [3.8, 4) is 0 Å². The minimum Gasteiger partial charge on any atom is -0.381 e. The Morgan fingerprint density at radius 2 is 2.19 bits per heavy atom. The number of imidazole rings is 1. The summed E-state index contributed by atoms with van der Waals surface area (Å²) in [7, 11) is 1.92. The maximum atomic E-state index is 13.0. The topological polar surface area (TPSA) is 64.7 Å². The molecule has 1 aliphatic heterocycles. The zero-order chi connectivity index (χ0) is 18.1. The molecular weight excluding hydrogens is 330 g/mol. The molecule has 3 aromatic heterocycles. The minimum atomic E-state index is 0.0495. The smallest absolute Gasteiger partial charge is 0.255 e. The predicted molar refractivity (Wildman–Crippen MR) is 97.0 cm³/mol. The Kier molecular flexibility index (Phi) is 4.46. The van der Waals surface area contributed by atoms with E-state index in [-0.39, 0.29) is 17.7 Å². The van der Waals surface area contributed by atoms with Crippen LogP contribution in [0.15, 0.2) is 43.1 Å². The van der Waals surface area contributed by atoms with Crippen LogP contribution in [0.5, 0.6) is 0 Å². The average molecular weight is 353 g/mol. The van der Waals surface area contributed by atoms with E-state index >= 15 is 0 Å². The third-order valence-corrected chi connectivity index (χ3v) is 5.05. The van der Waals surface area contributed by atoms with Gasteiger partial charge in [0.1, 0.15) is 5.65 Å². The van der Waals surface area contributed by atoms with Gasteiger partial charge in [0.2, 0.25) is 0 Å². The molecule has 7 nitrogen and oxygen atoms in total. The Balaban J connectivity index is 1.56. The van der Waals surface area contributed by atoms with Crippen LogP contribution in [0.25, 0.3) is 5.65 Å². The van der Waals surface area contributed by atoms with Crippen LogP contribution >= 0.6 is 0 Å². The number of hydrogen-bond donors (Lipinski definition) is 0. The minimum absolute atomic E-state index is 0.0495. The number of carbonyl (C=O) groups excluding carboxylic acids is 1. The van der Waals surface area contributed by atoms with Crippen molar-refractivity contribution in [1.82, 2.24) is 24.1 Å². The summed E-state index contributed by atoms with van der Waals surface area (Å²) >= 11 is 0. The molecule has 0 saturated carbocycles. The van der Waals surface area contributed by atoms with Crippen LogP contribution in [0.2, 0.25) is 0 Å². The monoisotopic (exact) mass is 353 g/mol. The van der Waals surface area contributed by atoms with Gasteiger partial charge >= 0.3 is 0 Å².